The molecule has 16 heavy (non-hydrogen) atoms. The normalized spacial score (nSPS) is 10.1. The fraction of sp³-hybridized carbons (Fsp3) is 0.0833. The molecule has 0 aliphatic heterocycles. The molecule has 0 unspecified atom stereocenters. The van der Waals surface area contributed by atoms with Crippen molar-refractivity contribution in [2.24, 2.45) is 0 Å². The average molecular weight is 296 g/mol. The van der Waals surface area contributed by atoms with Crippen molar-refractivity contribution in [1.82, 2.24) is 5.32 Å². The first-order chi connectivity index (χ1) is 7.77. The van der Waals surface area contributed by atoms with Crippen LogP contribution >= 0.6 is 27.3 Å². The van der Waals surface area contributed by atoms with Crippen molar-refractivity contribution in [3.05, 3.63) is 56.7 Å². The highest BCUT2D eigenvalue weighted by Crippen LogP contribution is 2.16. The lowest BCUT2D eigenvalue weighted by atomic mass is 10.2. The first-order valence-corrected chi connectivity index (χ1v) is 6.50. The molecule has 0 aliphatic rings. The molecule has 82 valence electrons. The van der Waals surface area contributed by atoms with Crippen LogP contribution in [-0.4, -0.2) is 5.91 Å². The number of nitrogens with one attached hydrogen (secondary N) is 1. The lowest BCUT2D eigenvalue weighted by Crippen LogP contribution is -2.21. The van der Waals surface area contributed by atoms with Gasteiger partial charge in [0.05, 0.1) is 4.88 Å². The Morgan fingerprint density at radius 1 is 1.25 bits per heavy atom. The molecule has 1 heterocycles. The SMILES string of the molecule is O=C(NCc1ccccc1Br)c1cccs1. The zero-order valence-electron chi connectivity index (χ0n) is 8.44. The summed E-state index contributed by atoms with van der Waals surface area (Å²) >= 11 is 4.89. The van der Waals surface area contributed by atoms with Gasteiger partial charge in [-0.3, -0.25) is 4.79 Å². The van der Waals surface area contributed by atoms with Gasteiger partial charge in [-0.25, -0.2) is 0 Å². The van der Waals surface area contributed by atoms with Crippen LogP contribution in [0.5, 0.6) is 0 Å². The van der Waals surface area contributed by atoms with Crippen LogP contribution in [0, 0.1) is 0 Å². The summed E-state index contributed by atoms with van der Waals surface area (Å²) in [5.74, 6) is -0.0225. The van der Waals surface area contributed by atoms with Gasteiger partial charge in [0.15, 0.2) is 0 Å². The van der Waals surface area contributed by atoms with E-state index in [1.54, 1.807) is 0 Å². The van der Waals surface area contributed by atoms with E-state index in [0.29, 0.717) is 6.54 Å². The highest BCUT2D eigenvalue weighted by molar-refractivity contribution is 9.10. The zero-order chi connectivity index (χ0) is 11.4. The van der Waals surface area contributed by atoms with Gasteiger partial charge >= 0.3 is 0 Å². The van der Waals surface area contributed by atoms with Crippen molar-refractivity contribution in [3.8, 4) is 0 Å². The summed E-state index contributed by atoms with van der Waals surface area (Å²) in [7, 11) is 0. The molecule has 1 amide bonds. The van der Waals surface area contributed by atoms with Crippen molar-refractivity contribution in [3.63, 3.8) is 0 Å². The van der Waals surface area contributed by atoms with Gasteiger partial charge in [-0.2, -0.15) is 0 Å². The number of rotatable bonds is 3. The Hall–Kier alpha value is -1.13. The summed E-state index contributed by atoms with van der Waals surface area (Å²) in [6.45, 7) is 0.540. The first-order valence-electron chi connectivity index (χ1n) is 4.82. The molecular formula is C12H10BrNOS. The Bertz CT molecular complexity index is 482. The fourth-order valence-corrected chi connectivity index (χ4v) is 2.38. The minimum absolute atomic E-state index is 0.0225. The van der Waals surface area contributed by atoms with E-state index >= 15 is 0 Å². The Morgan fingerprint density at radius 3 is 2.75 bits per heavy atom. The summed E-state index contributed by atoms with van der Waals surface area (Å²) in [5.41, 5.74) is 1.08. The zero-order valence-corrected chi connectivity index (χ0v) is 10.8. The minimum Gasteiger partial charge on any atom is -0.347 e. The van der Waals surface area contributed by atoms with E-state index in [-0.39, 0.29) is 5.91 Å². The molecule has 0 spiro atoms. The quantitative estimate of drug-likeness (QED) is 0.923. The van der Waals surface area contributed by atoms with Crippen LogP contribution in [0.2, 0.25) is 0 Å². The van der Waals surface area contributed by atoms with Crippen LogP contribution in [0.4, 0.5) is 0 Å². The molecule has 2 rings (SSSR count). The molecule has 1 aromatic heterocycles. The fourth-order valence-electron chi connectivity index (χ4n) is 1.31. The number of halogens is 1. The second-order valence-corrected chi connectivity index (χ2v) is 5.05. The molecule has 2 nitrogen and oxygen atoms in total. The molecule has 4 heteroatoms. The molecule has 0 atom stereocenters. The molecule has 0 radical (unpaired) electrons. The first kappa shape index (κ1) is 11.4. The van der Waals surface area contributed by atoms with Gasteiger partial charge in [0.25, 0.3) is 5.91 Å². The molecule has 0 bridgehead atoms. The third-order valence-corrected chi connectivity index (χ3v) is 3.78. The number of hydrogen-bond donors (Lipinski definition) is 1. The summed E-state index contributed by atoms with van der Waals surface area (Å²) < 4.78 is 1.02. The largest absolute Gasteiger partial charge is 0.347 e. The van der Waals surface area contributed by atoms with Crippen molar-refractivity contribution >= 4 is 33.2 Å². The molecule has 1 N–H and O–H groups in total. The van der Waals surface area contributed by atoms with E-state index in [4.69, 9.17) is 0 Å². The maximum atomic E-state index is 11.7. The number of carbonyl (C=O) groups is 1. The van der Waals surface area contributed by atoms with Crippen molar-refractivity contribution in [2.75, 3.05) is 0 Å². The van der Waals surface area contributed by atoms with E-state index in [9.17, 15) is 4.79 Å². The standard InChI is InChI=1S/C12H10BrNOS/c13-10-5-2-1-4-9(10)8-14-12(15)11-6-3-7-16-11/h1-7H,8H2,(H,14,15). The van der Waals surface area contributed by atoms with Gasteiger partial charge in [0, 0.05) is 11.0 Å². The number of hydrogen-bond acceptors (Lipinski definition) is 2. The van der Waals surface area contributed by atoms with Gasteiger partial charge < -0.3 is 5.32 Å². The van der Waals surface area contributed by atoms with Gasteiger partial charge in [0.1, 0.15) is 0 Å². The van der Waals surface area contributed by atoms with Crippen molar-refractivity contribution in [2.45, 2.75) is 6.54 Å². The smallest absolute Gasteiger partial charge is 0.261 e. The molecule has 0 saturated carbocycles. The maximum absolute atomic E-state index is 11.7. The van der Waals surface area contributed by atoms with Crippen LogP contribution in [0.3, 0.4) is 0 Å². The minimum atomic E-state index is -0.0225. The van der Waals surface area contributed by atoms with E-state index in [2.05, 4.69) is 21.2 Å². The van der Waals surface area contributed by atoms with Crippen LogP contribution in [-0.2, 0) is 6.54 Å². The lowest BCUT2D eigenvalue weighted by Gasteiger charge is -2.05. The molecule has 0 aliphatic carbocycles. The predicted molar refractivity (Wildman–Crippen MR) is 69.6 cm³/mol. The number of thiophene rings is 1. The number of benzene rings is 1. The monoisotopic (exact) mass is 295 g/mol. The highest BCUT2D eigenvalue weighted by Gasteiger charge is 2.06. The summed E-state index contributed by atoms with van der Waals surface area (Å²) in [6.07, 6.45) is 0. The molecule has 2 aromatic rings. The van der Waals surface area contributed by atoms with Crippen LogP contribution < -0.4 is 5.32 Å². The van der Waals surface area contributed by atoms with Crippen LogP contribution in [0.15, 0.2) is 46.3 Å². The van der Waals surface area contributed by atoms with Crippen LogP contribution in [0.1, 0.15) is 15.2 Å². The maximum Gasteiger partial charge on any atom is 0.261 e. The Morgan fingerprint density at radius 2 is 2.06 bits per heavy atom. The highest BCUT2D eigenvalue weighted by atomic mass is 79.9. The molecule has 1 aromatic carbocycles. The van der Waals surface area contributed by atoms with Gasteiger partial charge in [-0.15, -0.1) is 11.3 Å². The molecule has 0 saturated heterocycles. The Labute approximate surface area is 106 Å². The Balaban J connectivity index is 1.98. The second kappa shape index (κ2) is 5.27. The predicted octanol–water partition coefficient (Wildman–Crippen LogP) is 3.44. The topological polar surface area (TPSA) is 29.1 Å². The summed E-state index contributed by atoms with van der Waals surface area (Å²) in [5, 5.41) is 4.78. The van der Waals surface area contributed by atoms with E-state index in [0.717, 1.165) is 14.9 Å². The summed E-state index contributed by atoms with van der Waals surface area (Å²) in [4.78, 5) is 12.4. The van der Waals surface area contributed by atoms with Gasteiger partial charge in [-0.05, 0) is 23.1 Å². The second-order valence-electron chi connectivity index (χ2n) is 3.25. The third kappa shape index (κ3) is 2.71. The van der Waals surface area contributed by atoms with Gasteiger partial charge in [0.2, 0.25) is 0 Å². The Kier molecular flexibility index (Phi) is 3.74. The van der Waals surface area contributed by atoms with E-state index < -0.39 is 0 Å². The van der Waals surface area contributed by atoms with Crippen LogP contribution in [0.25, 0.3) is 0 Å². The van der Waals surface area contributed by atoms with E-state index in [1.165, 1.54) is 11.3 Å². The molecular weight excluding hydrogens is 286 g/mol. The van der Waals surface area contributed by atoms with Crippen molar-refractivity contribution in [1.29, 1.82) is 0 Å². The summed E-state index contributed by atoms with van der Waals surface area (Å²) in [6, 6.07) is 11.6. The van der Waals surface area contributed by atoms with E-state index in [1.807, 2.05) is 41.8 Å². The number of carbonyl (C=O) groups excluding carboxylic acids is 1. The van der Waals surface area contributed by atoms with Crippen molar-refractivity contribution < 1.29 is 4.79 Å². The number of amides is 1. The average Bonchev–Trinajstić information content (AvgIpc) is 2.81. The van der Waals surface area contributed by atoms with Gasteiger partial charge in [-0.1, -0.05) is 40.2 Å². The third-order valence-electron chi connectivity index (χ3n) is 2.14. The lowest BCUT2D eigenvalue weighted by molar-refractivity contribution is 0.0955. The molecule has 0 fully saturated rings.